The molecule has 0 fully saturated rings. The molecule has 0 bridgehead atoms. The zero-order chi connectivity index (χ0) is 25.1. The summed E-state index contributed by atoms with van der Waals surface area (Å²) < 4.78 is 18.1. The molecule has 1 atom stereocenters. The average molecular weight is 490 g/mol. The lowest BCUT2D eigenvalue weighted by molar-refractivity contribution is -0.136. The van der Waals surface area contributed by atoms with E-state index in [1.807, 2.05) is 18.2 Å². The molecule has 0 radical (unpaired) electrons. The van der Waals surface area contributed by atoms with Gasteiger partial charge in [-0.25, -0.2) is 4.79 Å². The maximum Gasteiger partial charge on any atom is 0.338 e. The zero-order valence-corrected chi connectivity index (χ0v) is 20.2. The number of nitrogens with zero attached hydrogens (tertiary/aromatic N) is 2. The van der Waals surface area contributed by atoms with Crippen LogP contribution in [0.5, 0.6) is 11.5 Å². The van der Waals surface area contributed by atoms with Gasteiger partial charge in [0.25, 0.3) is 5.56 Å². The highest BCUT2D eigenvalue weighted by molar-refractivity contribution is 7.07. The van der Waals surface area contributed by atoms with Gasteiger partial charge in [-0.1, -0.05) is 36.4 Å². The highest BCUT2D eigenvalue weighted by Gasteiger charge is 2.37. The Labute approximate surface area is 205 Å². The van der Waals surface area contributed by atoms with E-state index in [-0.39, 0.29) is 23.6 Å². The van der Waals surface area contributed by atoms with Crippen molar-refractivity contribution >= 4 is 34.8 Å². The number of hydrogen-bond donors (Lipinski definition) is 1. The van der Waals surface area contributed by atoms with Crippen LogP contribution < -0.4 is 30.0 Å². The molecule has 9 heteroatoms. The fourth-order valence-electron chi connectivity index (χ4n) is 4.10. The number of esters is 1. The number of nitrogens with two attached hydrogens (primary N) is 1. The van der Waals surface area contributed by atoms with Crippen molar-refractivity contribution in [1.82, 2.24) is 4.57 Å². The summed E-state index contributed by atoms with van der Waals surface area (Å²) in [5, 5.41) is 10.1. The van der Waals surface area contributed by atoms with Gasteiger partial charge in [0.2, 0.25) is 0 Å². The molecule has 2 heterocycles. The van der Waals surface area contributed by atoms with E-state index in [0.29, 0.717) is 31.8 Å². The first-order valence-electron chi connectivity index (χ1n) is 10.8. The molecule has 2 N–H and O–H groups in total. The van der Waals surface area contributed by atoms with Crippen molar-refractivity contribution in [2.24, 2.45) is 5.73 Å². The lowest BCUT2D eigenvalue weighted by Crippen LogP contribution is -2.40. The van der Waals surface area contributed by atoms with Crippen LogP contribution >= 0.6 is 11.3 Å². The van der Waals surface area contributed by atoms with Crippen LogP contribution in [0.1, 0.15) is 24.0 Å². The van der Waals surface area contributed by atoms with Crippen LogP contribution in [-0.2, 0) is 9.53 Å². The number of allylic oxidation sites excluding steroid dienone is 1. The molecule has 0 spiro atoms. The first-order chi connectivity index (χ1) is 17.0. The fraction of sp³-hybridized carbons (Fsp3) is 0.192. The number of ether oxygens (including phenoxy) is 3. The standard InChI is InChI=1S/C26H23N3O5S/c1-4-34-26(31)22-21(16-10-6-8-12-19(16)33-3)17(14-27)23(28)29-24(30)20(35-25(22)29)13-15-9-5-7-11-18(15)32-2/h5-13,21H,4,28H2,1-3H3/b20-13-/t21-/m0/s1. The van der Waals surface area contributed by atoms with Crippen molar-refractivity contribution in [3.8, 4) is 17.6 Å². The second kappa shape index (κ2) is 9.91. The van der Waals surface area contributed by atoms with Gasteiger partial charge in [0.1, 0.15) is 22.0 Å². The van der Waals surface area contributed by atoms with Crippen molar-refractivity contribution in [3.05, 3.63) is 84.8 Å². The van der Waals surface area contributed by atoms with Crippen molar-refractivity contribution < 1.29 is 19.0 Å². The minimum absolute atomic E-state index is 0.0348. The van der Waals surface area contributed by atoms with Crippen molar-refractivity contribution in [1.29, 1.82) is 5.26 Å². The van der Waals surface area contributed by atoms with E-state index in [2.05, 4.69) is 6.07 Å². The number of aromatic nitrogens is 1. The predicted molar refractivity (Wildman–Crippen MR) is 133 cm³/mol. The number of hydrogen-bond acceptors (Lipinski definition) is 8. The molecule has 2 aromatic carbocycles. The molecule has 8 nitrogen and oxygen atoms in total. The lowest BCUT2D eigenvalue weighted by Gasteiger charge is -2.25. The van der Waals surface area contributed by atoms with Gasteiger partial charge in [-0.2, -0.15) is 5.26 Å². The Bertz CT molecular complexity index is 1560. The van der Waals surface area contributed by atoms with Crippen LogP contribution in [0.25, 0.3) is 17.5 Å². The van der Waals surface area contributed by atoms with E-state index in [9.17, 15) is 14.9 Å². The molecule has 1 aliphatic heterocycles. The van der Waals surface area contributed by atoms with Gasteiger partial charge in [-0.15, -0.1) is 11.3 Å². The number of benzene rings is 2. The summed E-state index contributed by atoms with van der Waals surface area (Å²) in [6.45, 7) is 1.81. The molecule has 4 rings (SSSR count). The molecule has 35 heavy (non-hydrogen) atoms. The smallest absolute Gasteiger partial charge is 0.338 e. The predicted octanol–water partition coefficient (Wildman–Crippen LogP) is 1.92. The van der Waals surface area contributed by atoms with Crippen LogP contribution in [0.4, 0.5) is 0 Å². The molecule has 0 saturated carbocycles. The molecule has 0 saturated heterocycles. The Hall–Kier alpha value is -4.29. The van der Waals surface area contributed by atoms with E-state index in [4.69, 9.17) is 19.9 Å². The van der Waals surface area contributed by atoms with Gasteiger partial charge >= 0.3 is 5.97 Å². The second-order valence-corrected chi connectivity index (χ2v) is 8.55. The van der Waals surface area contributed by atoms with E-state index in [1.165, 1.54) is 11.7 Å². The minimum atomic E-state index is -0.868. The molecular formula is C26H23N3O5S. The Morgan fingerprint density at radius 1 is 1.14 bits per heavy atom. The number of carbonyl (C=O) groups is 1. The van der Waals surface area contributed by atoms with E-state index < -0.39 is 17.4 Å². The lowest BCUT2D eigenvalue weighted by atomic mass is 9.83. The van der Waals surface area contributed by atoms with E-state index >= 15 is 0 Å². The molecule has 0 unspecified atom stereocenters. The van der Waals surface area contributed by atoms with E-state index in [0.717, 1.165) is 11.3 Å². The minimum Gasteiger partial charge on any atom is -0.496 e. The third-order valence-electron chi connectivity index (χ3n) is 5.64. The van der Waals surface area contributed by atoms with Gasteiger partial charge in [-0.05, 0) is 25.1 Å². The second-order valence-electron chi connectivity index (χ2n) is 7.52. The van der Waals surface area contributed by atoms with Gasteiger partial charge in [-0.3, -0.25) is 9.36 Å². The van der Waals surface area contributed by atoms with Gasteiger partial charge in [0, 0.05) is 11.1 Å². The Kier molecular flexibility index (Phi) is 6.75. The average Bonchev–Trinajstić information content (AvgIpc) is 3.19. The number of thiazole rings is 1. The topological polar surface area (TPSA) is 117 Å². The van der Waals surface area contributed by atoms with Crippen LogP contribution in [-0.4, -0.2) is 31.4 Å². The van der Waals surface area contributed by atoms with Crippen LogP contribution in [0, 0.1) is 11.3 Å². The fourth-order valence-corrected chi connectivity index (χ4v) is 5.25. The number of nitriles is 1. The first-order valence-corrected chi connectivity index (χ1v) is 11.6. The first kappa shape index (κ1) is 23.9. The molecule has 3 aromatic rings. The van der Waals surface area contributed by atoms with Gasteiger partial charge in [0.05, 0.1) is 48.5 Å². The number of rotatable bonds is 6. The summed E-state index contributed by atoms with van der Waals surface area (Å²) in [6, 6.07) is 16.4. The van der Waals surface area contributed by atoms with Crippen LogP contribution in [0.2, 0.25) is 0 Å². The summed E-state index contributed by atoms with van der Waals surface area (Å²) >= 11 is 1.10. The number of methoxy groups -OCH3 is 2. The maximum absolute atomic E-state index is 13.5. The van der Waals surface area contributed by atoms with Crippen molar-refractivity contribution in [2.75, 3.05) is 20.8 Å². The summed E-state index contributed by atoms with van der Waals surface area (Å²) in [5.41, 5.74) is 7.44. The van der Waals surface area contributed by atoms with Crippen LogP contribution in [0.15, 0.2) is 58.9 Å². The third kappa shape index (κ3) is 4.09. The van der Waals surface area contributed by atoms with Crippen molar-refractivity contribution in [3.63, 3.8) is 0 Å². The van der Waals surface area contributed by atoms with E-state index in [1.54, 1.807) is 50.4 Å². The highest BCUT2D eigenvalue weighted by atomic mass is 32.1. The normalized spacial score (nSPS) is 15.4. The molecule has 1 aliphatic rings. The summed E-state index contributed by atoms with van der Waals surface area (Å²) in [4.78, 5) is 26.7. The monoisotopic (exact) mass is 489 g/mol. The summed E-state index contributed by atoms with van der Waals surface area (Å²) in [6.07, 6.45) is 1.68. The summed E-state index contributed by atoms with van der Waals surface area (Å²) in [5.74, 6) is -0.471. The van der Waals surface area contributed by atoms with Crippen LogP contribution in [0.3, 0.4) is 0 Å². The number of fused-ring (bicyclic) bond motifs is 1. The maximum atomic E-state index is 13.5. The third-order valence-corrected chi connectivity index (χ3v) is 6.75. The Morgan fingerprint density at radius 2 is 1.80 bits per heavy atom. The van der Waals surface area contributed by atoms with Gasteiger partial charge < -0.3 is 19.9 Å². The molecular weight excluding hydrogens is 466 g/mol. The number of para-hydroxylation sites is 2. The zero-order valence-electron chi connectivity index (χ0n) is 19.4. The number of carbonyl (C=O) groups excluding carboxylic acids is 1. The quantitative estimate of drug-likeness (QED) is 0.526. The highest BCUT2D eigenvalue weighted by Crippen LogP contribution is 2.40. The Morgan fingerprint density at radius 3 is 2.46 bits per heavy atom. The molecule has 178 valence electrons. The Balaban J connectivity index is 2.13. The molecule has 1 aromatic heterocycles. The van der Waals surface area contributed by atoms with Crippen molar-refractivity contribution in [2.45, 2.75) is 12.8 Å². The molecule has 0 amide bonds. The summed E-state index contributed by atoms with van der Waals surface area (Å²) in [7, 11) is 3.05. The molecule has 0 aliphatic carbocycles. The largest absolute Gasteiger partial charge is 0.496 e. The van der Waals surface area contributed by atoms with Gasteiger partial charge in [0.15, 0.2) is 0 Å². The SMILES string of the molecule is CCOC(=O)C1=c2s/c(=C\c3ccccc3OC)c(=O)n2C(N)=C(C#N)[C@@H]1c1ccccc1OC.